The van der Waals surface area contributed by atoms with Gasteiger partial charge in [0.15, 0.2) is 0 Å². The Balaban J connectivity index is 3.13. The van der Waals surface area contributed by atoms with Crippen molar-refractivity contribution in [3.63, 3.8) is 0 Å². The van der Waals surface area contributed by atoms with Gasteiger partial charge in [-0.3, -0.25) is 4.79 Å². The highest BCUT2D eigenvalue weighted by molar-refractivity contribution is 9.09. The summed E-state index contributed by atoms with van der Waals surface area (Å²) >= 11 is 3.49. The van der Waals surface area contributed by atoms with E-state index in [9.17, 15) is 4.79 Å². The summed E-state index contributed by atoms with van der Waals surface area (Å²) in [5.41, 5.74) is -0.343. The van der Waals surface area contributed by atoms with E-state index < -0.39 is 0 Å². The molecule has 0 aliphatic heterocycles. The molecule has 0 saturated heterocycles. The van der Waals surface area contributed by atoms with E-state index in [1.54, 1.807) is 0 Å². The molecule has 0 heterocycles. The lowest BCUT2D eigenvalue weighted by Gasteiger charge is -2.19. The SMILES string of the molecule is CC(C)(C)OC(=O)CCCCCCCCCCCCCCCCCBr. The van der Waals surface area contributed by atoms with Gasteiger partial charge in [-0.05, 0) is 33.6 Å². The van der Waals surface area contributed by atoms with Gasteiger partial charge in [-0.2, -0.15) is 0 Å². The quantitative estimate of drug-likeness (QED) is 0.136. The van der Waals surface area contributed by atoms with Gasteiger partial charge in [0.1, 0.15) is 5.60 Å². The molecule has 2 nitrogen and oxygen atoms in total. The third-order valence-corrected chi connectivity index (χ3v) is 5.00. The summed E-state index contributed by atoms with van der Waals surface area (Å²) in [5.74, 6) is -0.0457. The number of rotatable bonds is 17. The van der Waals surface area contributed by atoms with Gasteiger partial charge < -0.3 is 4.74 Å². The van der Waals surface area contributed by atoms with E-state index in [4.69, 9.17) is 4.74 Å². The monoisotopic (exact) mass is 418 g/mol. The molecule has 0 aromatic heterocycles. The van der Waals surface area contributed by atoms with Crippen LogP contribution in [0.25, 0.3) is 0 Å². The highest BCUT2D eigenvalue weighted by atomic mass is 79.9. The summed E-state index contributed by atoms with van der Waals surface area (Å²) in [5, 5.41) is 1.16. The number of carbonyl (C=O) groups excluding carboxylic acids is 1. The topological polar surface area (TPSA) is 26.3 Å². The molecule has 0 bridgehead atoms. The molecule has 0 saturated carbocycles. The molecule has 0 atom stereocenters. The van der Waals surface area contributed by atoms with Gasteiger partial charge in [0.05, 0.1) is 0 Å². The first-order chi connectivity index (χ1) is 12.0. The van der Waals surface area contributed by atoms with E-state index in [-0.39, 0.29) is 11.6 Å². The smallest absolute Gasteiger partial charge is 0.306 e. The molecule has 0 rings (SSSR count). The Morgan fingerprint density at radius 2 is 0.960 bits per heavy atom. The normalized spacial score (nSPS) is 11.7. The van der Waals surface area contributed by atoms with Gasteiger partial charge in [0, 0.05) is 11.8 Å². The fourth-order valence-corrected chi connectivity index (χ4v) is 3.45. The molecule has 0 fully saturated rings. The predicted octanol–water partition coefficient (Wildman–Crippen LogP) is 7.96. The van der Waals surface area contributed by atoms with Crippen molar-refractivity contribution in [2.24, 2.45) is 0 Å². The van der Waals surface area contributed by atoms with Crippen LogP contribution in [0.5, 0.6) is 0 Å². The Morgan fingerprint density at radius 3 is 1.28 bits per heavy atom. The van der Waals surface area contributed by atoms with E-state index in [1.807, 2.05) is 20.8 Å². The minimum atomic E-state index is -0.343. The predicted molar refractivity (Wildman–Crippen MR) is 114 cm³/mol. The first-order valence-corrected chi connectivity index (χ1v) is 11.9. The summed E-state index contributed by atoms with van der Waals surface area (Å²) in [6.07, 6.45) is 20.7. The fourth-order valence-electron chi connectivity index (χ4n) is 3.05. The molecule has 0 N–H and O–H groups in total. The van der Waals surface area contributed by atoms with Crippen molar-refractivity contribution in [2.75, 3.05) is 5.33 Å². The second-order valence-corrected chi connectivity index (χ2v) is 9.12. The van der Waals surface area contributed by atoms with Crippen molar-refractivity contribution in [1.82, 2.24) is 0 Å². The number of halogens is 1. The first kappa shape index (κ1) is 24.9. The second-order valence-electron chi connectivity index (χ2n) is 8.33. The first-order valence-electron chi connectivity index (χ1n) is 10.7. The van der Waals surface area contributed by atoms with Crippen molar-refractivity contribution < 1.29 is 9.53 Å². The Labute approximate surface area is 166 Å². The van der Waals surface area contributed by atoms with Gasteiger partial charge in [-0.1, -0.05) is 99.4 Å². The third kappa shape index (κ3) is 21.9. The summed E-state index contributed by atoms with van der Waals surface area (Å²) in [6, 6.07) is 0. The Kier molecular flexibility index (Phi) is 17.3. The zero-order valence-electron chi connectivity index (χ0n) is 17.2. The molecular formula is C22H43BrO2. The minimum Gasteiger partial charge on any atom is -0.460 e. The molecule has 0 spiro atoms. The van der Waals surface area contributed by atoms with Gasteiger partial charge in [0.25, 0.3) is 0 Å². The van der Waals surface area contributed by atoms with Crippen LogP contribution in [0.15, 0.2) is 0 Å². The van der Waals surface area contributed by atoms with Crippen molar-refractivity contribution in [2.45, 2.75) is 129 Å². The molecule has 0 aromatic rings. The van der Waals surface area contributed by atoms with E-state index in [1.165, 1.54) is 83.5 Å². The average molecular weight is 419 g/mol. The van der Waals surface area contributed by atoms with Crippen molar-refractivity contribution in [3.05, 3.63) is 0 Å². The van der Waals surface area contributed by atoms with Crippen LogP contribution in [-0.2, 0) is 9.53 Å². The molecular weight excluding hydrogens is 376 g/mol. The van der Waals surface area contributed by atoms with E-state index in [0.29, 0.717) is 6.42 Å². The zero-order chi connectivity index (χ0) is 18.8. The van der Waals surface area contributed by atoms with Crippen molar-refractivity contribution in [1.29, 1.82) is 0 Å². The minimum absolute atomic E-state index is 0.0457. The molecule has 3 heteroatoms. The number of carbonyl (C=O) groups is 1. The largest absolute Gasteiger partial charge is 0.460 e. The Hall–Kier alpha value is -0.0500. The molecule has 0 amide bonds. The second kappa shape index (κ2) is 17.4. The molecule has 0 aromatic carbocycles. The van der Waals surface area contributed by atoms with E-state index in [2.05, 4.69) is 15.9 Å². The van der Waals surface area contributed by atoms with Crippen LogP contribution in [0.1, 0.15) is 124 Å². The van der Waals surface area contributed by atoms with Crippen LogP contribution < -0.4 is 0 Å². The van der Waals surface area contributed by atoms with Crippen LogP contribution >= 0.6 is 15.9 Å². The summed E-state index contributed by atoms with van der Waals surface area (Å²) in [7, 11) is 0. The molecule has 0 aliphatic carbocycles. The van der Waals surface area contributed by atoms with Gasteiger partial charge in [-0.15, -0.1) is 0 Å². The number of hydrogen-bond acceptors (Lipinski definition) is 2. The highest BCUT2D eigenvalue weighted by Gasteiger charge is 2.15. The maximum Gasteiger partial charge on any atom is 0.306 e. The lowest BCUT2D eigenvalue weighted by Crippen LogP contribution is -2.23. The summed E-state index contributed by atoms with van der Waals surface area (Å²) in [4.78, 5) is 11.6. The standard InChI is InChI=1S/C22H43BrO2/c1-22(2,3)25-21(24)19-17-15-13-11-9-7-5-4-6-8-10-12-14-16-18-20-23/h4-20H2,1-3H3. The Morgan fingerprint density at radius 1 is 0.640 bits per heavy atom. The van der Waals surface area contributed by atoms with E-state index in [0.717, 1.165) is 18.2 Å². The molecule has 0 unspecified atom stereocenters. The Bertz CT molecular complexity index is 297. The maximum absolute atomic E-state index is 11.6. The summed E-state index contributed by atoms with van der Waals surface area (Å²) in [6.45, 7) is 5.78. The van der Waals surface area contributed by atoms with Crippen LogP contribution in [0.3, 0.4) is 0 Å². The lowest BCUT2D eigenvalue weighted by atomic mass is 10.0. The number of unbranched alkanes of at least 4 members (excludes halogenated alkanes) is 14. The van der Waals surface area contributed by atoms with Crippen molar-refractivity contribution >= 4 is 21.9 Å². The molecule has 0 radical (unpaired) electrons. The van der Waals surface area contributed by atoms with Crippen LogP contribution in [-0.4, -0.2) is 16.9 Å². The van der Waals surface area contributed by atoms with Gasteiger partial charge >= 0.3 is 5.97 Å². The number of alkyl halides is 1. The highest BCUT2D eigenvalue weighted by Crippen LogP contribution is 2.15. The number of esters is 1. The molecule has 0 aliphatic rings. The van der Waals surface area contributed by atoms with Crippen molar-refractivity contribution in [3.8, 4) is 0 Å². The lowest BCUT2D eigenvalue weighted by molar-refractivity contribution is -0.154. The van der Waals surface area contributed by atoms with E-state index >= 15 is 0 Å². The van der Waals surface area contributed by atoms with Crippen LogP contribution in [0.2, 0.25) is 0 Å². The summed E-state index contributed by atoms with van der Waals surface area (Å²) < 4.78 is 5.32. The van der Waals surface area contributed by atoms with Gasteiger partial charge in [0.2, 0.25) is 0 Å². The zero-order valence-corrected chi connectivity index (χ0v) is 18.8. The molecule has 25 heavy (non-hydrogen) atoms. The average Bonchev–Trinajstić information content (AvgIpc) is 2.53. The number of hydrogen-bond donors (Lipinski definition) is 0. The van der Waals surface area contributed by atoms with Gasteiger partial charge in [-0.25, -0.2) is 0 Å². The van der Waals surface area contributed by atoms with Crippen LogP contribution in [0.4, 0.5) is 0 Å². The molecule has 150 valence electrons. The van der Waals surface area contributed by atoms with Crippen LogP contribution in [0, 0.1) is 0 Å². The fraction of sp³-hybridized carbons (Fsp3) is 0.955. The third-order valence-electron chi connectivity index (χ3n) is 4.43. The maximum atomic E-state index is 11.6. The number of ether oxygens (including phenoxy) is 1.